The van der Waals surface area contributed by atoms with Gasteiger partial charge in [0.1, 0.15) is 0 Å². The van der Waals surface area contributed by atoms with Gasteiger partial charge >= 0.3 is 0 Å². The van der Waals surface area contributed by atoms with E-state index in [1.807, 2.05) is 11.6 Å². The van der Waals surface area contributed by atoms with Crippen LogP contribution in [-0.4, -0.2) is 33.2 Å². The maximum atomic E-state index is 10.6. The summed E-state index contributed by atoms with van der Waals surface area (Å²) in [7, 11) is 0. The van der Waals surface area contributed by atoms with Crippen molar-refractivity contribution in [3.05, 3.63) is 17.5 Å². The van der Waals surface area contributed by atoms with Gasteiger partial charge in [0.15, 0.2) is 0 Å². The average molecular weight is 266 g/mol. The molecule has 0 aliphatic carbocycles. The minimum atomic E-state index is -0.364. The highest BCUT2D eigenvalue weighted by Gasteiger charge is 2.41. The van der Waals surface area contributed by atoms with Gasteiger partial charge in [0.2, 0.25) is 0 Å². The molecule has 19 heavy (non-hydrogen) atoms. The molecule has 5 unspecified atom stereocenters. The molecule has 1 aromatic heterocycles. The molecule has 108 valence electrons. The van der Waals surface area contributed by atoms with Crippen LogP contribution in [0.3, 0.4) is 0 Å². The standard InChI is InChI=1S/C15H26N2O2/c1-6-17-13(7-9(2)16-17)8-14(18)15-10(3)11(4)19-12(15)5/h7,10-12,14-15,18H,6,8H2,1-5H3. The van der Waals surface area contributed by atoms with E-state index in [0.29, 0.717) is 12.3 Å². The van der Waals surface area contributed by atoms with E-state index in [-0.39, 0.29) is 24.2 Å². The Morgan fingerprint density at radius 1 is 1.37 bits per heavy atom. The molecule has 0 saturated carbocycles. The van der Waals surface area contributed by atoms with Gasteiger partial charge in [0.25, 0.3) is 0 Å². The van der Waals surface area contributed by atoms with Crippen molar-refractivity contribution in [3.8, 4) is 0 Å². The van der Waals surface area contributed by atoms with Crippen molar-refractivity contribution in [1.29, 1.82) is 0 Å². The quantitative estimate of drug-likeness (QED) is 0.908. The van der Waals surface area contributed by atoms with Crippen LogP contribution in [-0.2, 0) is 17.7 Å². The lowest BCUT2D eigenvalue weighted by Crippen LogP contribution is -2.33. The van der Waals surface area contributed by atoms with Crippen molar-refractivity contribution in [2.75, 3.05) is 0 Å². The van der Waals surface area contributed by atoms with Crippen molar-refractivity contribution in [2.45, 2.75) is 65.9 Å². The minimum absolute atomic E-state index is 0.124. The summed E-state index contributed by atoms with van der Waals surface area (Å²) in [4.78, 5) is 0. The fourth-order valence-electron chi connectivity index (χ4n) is 3.34. The van der Waals surface area contributed by atoms with Crippen molar-refractivity contribution in [3.63, 3.8) is 0 Å². The zero-order valence-electron chi connectivity index (χ0n) is 12.6. The molecule has 1 N–H and O–H groups in total. The van der Waals surface area contributed by atoms with Crippen LogP contribution in [0.25, 0.3) is 0 Å². The van der Waals surface area contributed by atoms with Gasteiger partial charge < -0.3 is 9.84 Å². The van der Waals surface area contributed by atoms with E-state index < -0.39 is 0 Å². The van der Waals surface area contributed by atoms with Crippen molar-refractivity contribution in [2.24, 2.45) is 11.8 Å². The number of rotatable bonds is 4. The Hall–Kier alpha value is -0.870. The van der Waals surface area contributed by atoms with Gasteiger partial charge in [0.05, 0.1) is 24.0 Å². The van der Waals surface area contributed by atoms with Crippen LogP contribution in [0, 0.1) is 18.8 Å². The number of aromatic nitrogens is 2. The van der Waals surface area contributed by atoms with Crippen molar-refractivity contribution >= 4 is 0 Å². The summed E-state index contributed by atoms with van der Waals surface area (Å²) in [6.07, 6.45) is 0.646. The second-order valence-electron chi connectivity index (χ2n) is 5.85. The van der Waals surface area contributed by atoms with Gasteiger partial charge in [-0.15, -0.1) is 0 Å². The van der Waals surface area contributed by atoms with Crippen LogP contribution in [0.1, 0.15) is 39.1 Å². The number of nitrogens with zero attached hydrogens (tertiary/aromatic N) is 2. The molecule has 1 saturated heterocycles. The average Bonchev–Trinajstić information content (AvgIpc) is 2.80. The predicted molar refractivity (Wildman–Crippen MR) is 75.0 cm³/mol. The molecule has 2 rings (SSSR count). The third-order valence-electron chi connectivity index (χ3n) is 4.47. The van der Waals surface area contributed by atoms with Crippen molar-refractivity contribution in [1.82, 2.24) is 9.78 Å². The molecule has 1 aliphatic rings. The Morgan fingerprint density at radius 2 is 2.05 bits per heavy atom. The second kappa shape index (κ2) is 5.63. The second-order valence-corrected chi connectivity index (χ2v) is 5.85. The number of ether oxygens (including phenoxy) is 1. The fourth-order valence-corrected chi connectivity index (χ4v) is 3.34. The number of aliphatic hydroxyl groups is 1. The predicted octanol–water partition coefficient (Wildman–Crippen LogP) is 2.17. The Balaban J connectivity index is 2.10. The molecule has 2 heterocycles. The first-order valence-corrected chi connectivity index (χ1v) is 7.30. The molecule has 1 aliphatic heterocycles. The summed E-state index contributed by atoms with van der Waals surface area (Å²) in [6.45, 7) is 11.2. The molecule has 1 aromatic rings. The first-order valence-electron chi connectivity index (χ1n) is 7.30. The lowest BCUT2D eigenvalue weighted by molar-refractivity contribution is 0.0234. The SMILES string of the molecule is CCn1nc(C)cc1CC(O)C1C(C)OC(C)C1C. The third-order valence-corrected chi connectivity index (χ3v) is 4.47. The summed E-state index contributed by atoms with van der Waals surface area (Å²) in [5.74, 6) is 0.597. The lowest BCUT2D eigenvalue weighted by Gasteiger charge is -2.24. The molecule has 0 amide bonds. The Morgan fingerprint density at radius 3 is 2.58 bits per heavy atom. The first-order chi connectivity index (χ1) is 8.93. The largest absolute Gasteiger partial charge is 0.392 e. The summed E-state index contributed by atoms with van der Waals surface area (Å²) in [6, 6.07) is 2.07. The van der Waals surface area contributed by atoms with Crippen LogP contribution in [0.4, 0.5) is 0 Å². The highest BCUT2D eigenvalue weighted by atomic mass is 16.5. The number of aliphatic hydroxyl groups excluding tert-OH is 1. The van der Waals surface area contributed by atoms with E-state index in [1.165, 1.54) is 0 Å². The Kier molecular flexibility index (Phi) is 4.31. The zero-order valence-corrected chi connectivity index (χ0v) is 12.6. The molecule has 4 nitrogen and oxygen atoms in total. The topological polar surface area (TPSA) is 47.3 Å². The van der Waals surface area contributed by atoms with Crippen LogP contribution >= 0.6 is 0 Å². The van der Waals surface area contributed by atoms with E-state index in [2.05, 4.69) is 38.9 Å². The molecular weight excluding hydrogens is 240 g/mol. The number of hydrogen-bond donors (Lipinski definition) is 1. The maximum Gasteiger partial charge on any atom is 0.0651 e. The summed E-state index contributed by atoms with van der Waals surface area (Å²) in [5.41, 5.74) is 2.13. The van der Waals surface area contributed by atoms with Crippen LogP contribution in [0.5, 0.6) is 0 Å². The van der Waals surface area contributed by atoms with Gasteiger partial charge in [-0.2, -0.15) is 5.10 Å². The van der Waals surface area contributed by atoms with Crippen LogP contribution in [0.2, 0.25) is 0 Å². The van der Waals surface area contributed by atoms with Gasteiger partial charge in [-0.1, -0.05) is 6.92 Å². The Bertz CT molecular complexity index is 430. The molecule has 5 atom stereocenters. The van der Waals surface area contributed by atoms with E-state index in [4.69, 9.17) is 4.74 Å². The Labute approximate surface area is 115 Å². The normalized spacial score (nSPS) is 32.7. The monoisotopic (exact) mass is 266 g/mol. The van der Waals surface area contributed by atoms with Crippen molar-refractivity contribution < 1.29 is 9.84 Å². The van der Waals surface area contributed by atoms with E-state index in [0.717, 1.165) is 17.9 Å². The first kappa shape index (κ1) is 14.5. The summed E-state index contributed by atoms with van der Waals surface area (Å²) in [5, 5.41) is 15.0. The summed E-state index contributed by atoms with van der Waals surface area (Å²) >= 11 is 0. The maximum absolute atomic E-state index is 10.6. The molecule has 1 fully saturated rings. The number of hydrogen-bond acceptors (Lipinski definition) is 3. The highest BCUT2D eigenvalue weighted by Crippen LogP contribution is 2.35. The molecule has 0 radical (unpaired) electrons. The van der Waals surface area contributed by atoms with E-state index in [9.17, 15) is 5.11 Å². The highest BCUT2D eigenvalue weighted by molar-refractivity contribution is 5.11. The smallest absolute Gasteiger partial charge is 0.0651 e. The van der Waals surface area contributed by atoms with Crippen LogP contribution in [0.15, 0.2) is 6.07 Å². The molecule has 0 spiro atoms. The molecule has 0 bridgehead atoms. The lowest BCUT2D eigenvalue weighted by atomic mass is 9.83. The van der Waals surface area contributed by atoms with Gasteiger partial charge in [0, 0.05) is 24.6 Å². The molecular formula is C15H26N2O2. The molecule has 4 heteroatoms. The van der Waals surface area contributed by atoms with Gasteiger partial charge in [-0.05, 0) is 39.7 Å². The number of aryl methyl sites for hydroxylation is 2. The fraction of sp³-hybridized carbons (Fsp3) is 0.800. The third kappa shape index (κ3) is 2.84. The molecule has 0 aromatic carbocycles. The minimum Gasteiger partial charge on any atom is -0.392 e. The summed E-state index contributed by atoms with van der Waals surface area (Å²) < 4.78 is 7.80. The zero-order chi connectivity index (χ0) is 14.2. The van der Waals surface area contributed by atoms with E-state index in [1.54, 1.807) is 0 Å². The van der Waals surface area contributed by atoms with Gasteiger partial charge in [-0.25, -0.2) is 0 Å². The van der Waals surface area contributed by atoms with Gasteiger partial charge in [-0.3, -0.25) is 4.68 Å². The van der Waals surface area contributed by atoms with E-state index >= 15 is 0 Å². The van der Waals surface area contributed by atoms with Crippen LogP contribution < -0.4 is 0 Å².